The molecule has 1 aromatic carbocycles. The van der Waals surface area contributed by atoms with E-state index >= 15 is 0 Å². The Labute approximate surface area is 140 Å². The fraction of sp³-hybridized carbons (Fsp3) is 0.429. The summed E-state index contributed by atoms with van der Waals surface area (Å²) in [5.41, 5.74) is -1.38. The van der Waals surface area contributed by atoms with Crippen molar-refractivity contribution >= 4 is 28.7 Å². The fourth-order valence-corrected chi connectivity index (χ4v) is 4.36. The number of hydrogen-bond acceptors (Lipinski definition) is 6. The summed E-state index contributed by atoms with van der Waals surface area (Å²) in [6, 6.07) is 3.27. The molecule has 1 saturated heterocycles. The largest absolute Gasteiger partial charge is 0.465 e. The number of nitro groups is 1. The maximum Gasteiger partial charge on any atom is 0.410 e. The molecule has 3 atom stereocenters. The molecule has 2 N–H and O–H groups in total. The van der Waals surface area contributed by atoms with Gasteiger partial charge in [-0.25, -0.2) is 14.2 Å². The molecular weight excluding hydrogens is 341 g/mol. The van der Waals surface area contributed by atoms with E-state index in [9.17, 15) is 19.3 Å². The number of nitrogens with one attached hydrogen (secondary N) is 1. The molecule has 1 fully saturated rings. The first kappa shape index (κ1) is 16.7. The van der Waals surface area contributed by atoms with E-state index in [4.69, 9.17) is 9.84 Å². The van der Waals surface area contributed by atoms with Gasteiger partial charge in [0.25, 0.3) is 5.69 Å². The normalized spacial score (nSPS) is 28.8. The minimum atomic E-state index is -1.28. The molecule has 3 rings (SSSR count). The first-order valence-corrected chi connectivity index (χ1v) is 8.10. The van der Waals surface area contributed by atoms with Gasteiger partial charge in [0.05, 0.1) is 17.6 Å². The number of thioether (sulfide) groups is 1. The van der Waals surface area contributed by atoms with Crippen LogP contribution in [0.3, 0.4) is 0 Å². The highest BCUT2D eigenvalue weighted by molar-refractivity contribution is 8.13. The Balaban J connectivity index is 2.14. The molecule has 8 nitrogen and oxygen atoms in total. The van der Waals surface area contributed by atoms with E-state index in [0.717, 1.165) is 18.2 Å². The Morgan fingerprint density at radius 2 is 2.38 bits per heavy atom. The van der Waals surface area contributed by atoms with Gasteiger partial charge < -0.3 is 9.84 Å². The van der Waals surface area contributed by atoms with Gasteiger partial charge >= 0.3 is 6.09 Å². The van der Waals surface area contributed by atoms with Gasteiger partial charge in [0, 0.05) is 29.4 Å². The van der Waals surface area contributed by atoms with Crippen LogP contribution in [-0.4, -0.2) is 39.8 Å². The zero-order valence-corrected chi connectivity index (χ0v) is 13.4. The third kappa shape index (κ3) is 2.71. The van der Waals surface area contributed by atoms with Crippen LogP contribution < -0.4 is 5.32 Å². The lowest BCUT2D eigenvalue weighted by Gasteiger charge is -2.35. The third-order valence-corrected chi connectivity index (χ3v) is 5.28. The number of carbonyl (C=O) groups is 1. The smallest absolute Gasteiger partial charge is 0.410 e. The van der Waals surface area contributed by atoms with Gasteiger partial charge in [-0.1, -0.05) is 11.8 Å². The van der Waals surface area contributed by atoms with Crippen LogP contribution in [0, 0.1) is 21.8 Å². The summed E-state index contributed by atoms with van der Waals surface area (Å²) in [6.07, 6.45) is -1.51. The predicted molar refractivity (Wildman–Crippen MR) is 84.7 cm³/mol. The minimum Gasteiger partial charge on any atom is -0.465 e. The third-order valence-electron chi connectivity index (χ3n) is 4.29. The highest BCUT2D eigenvalue weighted by Crippen LogP contribution is 2.48. The van der Waals surface area contributed by atoms with Gasteiger partial charge in [-0.05, 0) is 13.0 Å². The minimum absolute atomic E-state index is 0.0300. The first-order valence-electron chi connectivity index (χ1n) is 7.12. The number of benzene rings is 1. The molecule has 10 heteroatoms. The molecule has 0 bridgehead atoms. The van der Waals surface area contributed by atoms with E-state index < -0.39 is 22.4 Å². The molecule has 2 heterocycles. The molecule has 24 heavy (non-hydrogen) atoms. The van der Waals surface area contributed by atoms with Crippen LogP contribution in [0.5, 0.6) is 0 Å². The van der Waals surface area contributed by atoms with Crippen LogP contribution >= 0.6 is 11.8 Å². The van der Waals surface area contributed by atoms with Crippen LogP contribution in [0.15, 0.2) is 23.2 Å². The number of amidine groups is 1. The van der Waals surface area contributed by atoms with Crippen LogP contribution in [0.2, 0.25) is 0 Å². The number of carboxylic acid groups (broad SMARTS) is 1. The summed E-state index contributed by atoms with van der Waals surface area (Å²) < 4.78 is 20.1. The number of rotatable bonds is 2. The molecule has 0 aliphatic carbocycles. The van der Waals surface area contributed by atoms with Crippen molar-refractivity contribution in [3.8, 4) is 0 Å². The fourth-order valence-electron chi connectivity index (χ4n) is 3.09. The molecule has 0 radical (unpaired) electrons. The summed E-state index contributed by atoms with van der Waals surface area (Å²) >= 11 is 1.20. The Bertz CT molecular complexity index is 743. The molecule has 0 spiro atoms. The van der Waals surface area contributed by atoms with Gasteiger partial charge in [-0.2, -0.15) is 0 Å². The van der Waals surface area contributed by atoms with Gasteiger partial charge in [0.1, 0.15) is 11.4 Å². The maximum absolute atomic E-state index is 14.5. The van der Waals surface area contributed by atoms with Crippen molar-refractivity contribution in [3.05, 3.63) is 39.7 Å². The van der Waals surface area contributed by atoms with Crippen LogP contribution in [-0.2, 0) is 10.3 Å². The molecular formula is C14H14FN3O5S. The van der Waals surface area contributed by atoms with Gasteiger partial charge in [-0.3, -0.25) is 15.4 Å². The molecule has 0 saturated carbocycles. The zero-order valence-electron chi connectivity index (χ0n) is 12.6. The number of non-ortho nitro benzene ring substituents is 1. The number of hydrogen-bond donors (Lipinski definition) is 2. The summed E-state index contributed by atoms with van der Waals surface area (Å²) in [6.45, 7) is 1.86. The number of nitrogens with zero attached hydrogens (tertiary/aromatic N) is 2. The van der Waals surface area contributed by atoms with E-state index in [1.165, 1.54) is 11.8 Å². The van der Waals surface area contributed by atoms with Crippen LogP contribution in [0.1, 0.15) is 12.5 Å². The summed E-state index contributed by atoms with van der Waals surface area (Å²) in [5, 5.41) is 22.2. The first-order chi connectivity index (χ1) is 11.3. The van der Waals surface area contributed by atoms with Crippen LogP contribution in [0.25, 0.3) is 0 Å². The topological polar surface area (TPSA) is 114 Å². The second-order valence-electron chi connectivity index (χ2n) is 5.63. The number of amides is 1. The Kier molecular flexibility index (Phi) is 4.18. The maximum atomic E-state index is 14.5. The standard InChI is InChI=1S/C14H14FN3O5S/c1-7-10-5-24-12(16-13(19)20)17-14(10,6-23-7)9-4-8(18(21)22)2-3-11(9)15/h2-4,7,10H,5-6H2,1H3,(H,16,17)(H,19,20). The molecule has 0 aromatic heterocycles. The molecule has 3 unspecified atom stereocenters. The highest BCUT2D eigenvalue weighted by Gasteiger charge is 2.53. The summed E-state index contributed by atoms with van der Waals surface area (Å²) in [5.74, 6) is -0.394. The quantitative estimate of drug-likeness (QED) is 0.622. The number of halogens is 1. The van der Waals surface area contributed by atoms with E-state index in [2.05, 4.69) is 10.3 Å². The van der Waals surface area contributed by atoms with Crippen molar-refractivity contribution in [1.29, 1.82) is 0 Å². The summed E-state index contributed by atoms with van der Waals surface area (Å²) in [4.78, 5) is 25.7. The molecule has 1 amide bonds. The lowest BCUT2D eigenvalue weighted by Crippen LogP contribution is -2.43. The molecule has 1 aromatic rings. The van der Waals surface area contributed by atoms with E-state index in [0.29, 0.717) is 5.75 Å². The number of aliphatic imine (C=N–C) groups is 1. The second-order valence-corrected chi connectivity index (χ2v) is 6.63. The monoisotopic (exact) mass is 355 g/mol. The van der Waals surface area contributed by atoms with Crippen molar-refractivity contribution in [2.75, 3.05) is 12.4 Å². The zero-order chi connectivity index (χ0) is 17.5. The van der Waals surface area contributed by atoms with Gasteiger partial charge in [0.15, 0.2) is 5.17 Å². The van der Waals surface area contributed by atoms with Crippen LogP contribution in [0.4, 0.5) is 14.9 Å². The number of nitro benzene ring substituents is 1. The van der Waals surface area contributed by atoms with Gasteiger partial charge in [-0.15, -0.1) is 0 Å². The molecule has 2 aliphatic heterocycles. The number of ether oxygens (including phenoxy) is 1. The molecule has 128 valence electrons. The van der Waals surface area contributed by atoms with E-state index in [-0.39, 0.29) is 35.0 Å². The van der Waals surface area contributed by atoms with Crippen molar-refractivity contribution in [3.63, 3.8) is 0 Å². The lowest BCUT2D eigenvalue weighted by molar-refractivity contribution is -0.385. The van der Waals surface area contributed by atoms with Crippen molar-refractivity contribution in [1.82, 2.24) is 5.32 Å². The van der Waals surface area contributed by atoms with E-state index in [1.807, 2.05) is 6.92 Å². The average molecular weight is 355 g/mol. The van der Waals surface area contributed by atoms with Crippen molar-refractivity contribution < 1.29 is 24.0 Å². The number of fused-ring (bicyclic) bond motifs is 1. The van der Waals surface area contributed by atoms with Gasteiger partial charge in [0.2, 0.25) is 0 Å². The van der Waals surface area contributed by atoms with Crippen molar-refractivity contribution in [2.45, 2.75) is 18.6 Å². The Morgan fingerprint density at radius 1 is 1.62 bits per heavy atom. The predicted octanol–water partition coefficient (Wildman–Crippen LogP) is 2.33. The van der Waals surface area contributed by atoms with E-state index in [1.54, 1.807) is 0 Å². The summed E-state index contributed by atoms with van der Waals surface area (Å²) in [7, 11) is 0. The Morgan fingerprint density at radius 3 is 3.04 bits per heavy atom. The SMILES string of the molecule is CC1OCC2(c3cc([N+](=O)[O-])ccc3F)N=C(NC(=O)O)SCC12. The average Bonchev–Trinajstić information content (AvgIpc) is 2.84. The second kappa shape index (κ2) is 6.02. The van der Waals surface area contributed by atoms with Crippen molar-refractivity contribution in [2.24, 2.45) is 10.9 Å². The Hall–Kier alpha value is -2.20. The highest BCUT2D eigenvalue weighted by atomic mass is 32.2. The lowest BCUT2D eigenvalue weighted by atomic mass is 9.79. The molecule has 2 aliphatic rings.